The standard InChI is InChI=1S/C21H26FNO4/c1-25-16-8-7-15(21(10-16)26-2)11-23-19(17-12-27-13-20(17)24)9-14-5-3-4-6-18(14)22/h3-8,10,17,19-20,23-24H,9,11-13H2,1-2H3/t17-,19+,20-/m1/s1. The van der Waals surface area contributed by atoms with Gasteiger partial charge >= 0.3 is 0 Å². The molecule has 1 aliphatic rings. The topological polar surface area (TPSA) is 60.0 Å². The molecule has 0 radical (unpaired) electrons. The summed E-state index contributed by atoms with van der Waals surface area (Å²) in [4.78, 5) is 0. The van der Waals surface area contributed by atoms with Gasteiger partial charge in [0.2, 0.25) is 0 Å². The SMILES string of the molecule is COc1ccc(CN[C@@H](Cc2ccccc2F)[C@H]2COC[C@H]2O)c(OC)c1. The van der Waals surface area contributed by atoms with E-state index in [9.17, 15) is 9.50 Å². The Bertz CT molecular complexity index is 755. The number of aliphatic hydroxyl groups is 1. The highest BCUT2D eigenvalue weighted by atomic mass is 19.1. The first kappa shape index (κ1) is 19.6. The molecule has 0 aromatic heterocycles. The lowest BCUT2D eigenvalue weighted by molar-refractivity contribution is 0.109. The Morgan fingerprint density at radius 1 is 1.15 bits per heavy atom. The van der Waals surface area contributed by atoms with Gasteiger partial charge in [0.25, 0.3) is 0 Å². The fourth-order valence-corrected chi connectivity index (χ4v) is 3.46. The Labute approximate surface area is 159 Å². The van der Waals surface area contributed by atoms with Crippen LogP contribution in [0.3, 0.4) is 0 Å². The second-order valence-corrected chi connectivity index (χ2v) is 6.73. The van der Waals surface area contributed by atoms with Crippen LogP contribution in [0.4, 0.5) is 4.39 Å². The number of benzene rings is 2. The van der Waals surface area contributed by atoms with Gasteiger partial charge in [0.1, 0.15) is 17.3 Å². The number of ether oxygens (including phenoxy) is 3. The predicted octanol–water partition coefficient (Wildman–Crippen LogP) is 2.55. The van der Waals surface area contributed by atoms with Crippen molar-refractivity contribution < 1.29 is 23.7 Å². The highest BCUT2D eigenvalue weighted by Gasteiger charge is 2.33. The van der Waals surface area contributed by atoms with E-state index >= 15 is 0 Å². The maximum Gasteiger partial charge on any atom is 0.127 e. The Morgan fingerprint density at radius 2 is 1.96 bits per heavy atom. The fraction of sp³-hybridized carbons (Fsp3) is 0.429. The third kappa shape index (κ3) is 4.77. The van der Waals surface area contributed by atoms with Crippen LogP contribution >= 0.6 is 0 Å². The van der Waals surface area contributed by atoms with Gasteiger partial charge in [-0.2, -0.15) is 0 Å². The zero-order chi connectivity index (χ0) is 19.2. The lowest BCUT2D eigenvalue weighted by atomic mass is 9.90. The number of rotatable bonds is 8. The van der Waals surface area contributed by atoms with E-state index in [0.717, 1.165) is 17.1 Å². The molecule has 146 valence electrons. The summed E-state index contributed by atoms with van der Waals surface area (Å²) in [6, 6.07) is 12.2. The molecule has 0 unspecified atom stereocenters. The van der Waals surface area contributed by atoms with Crippen molar-refractivity contribution in [3.05, 3.63) is 59.4 Å². The molecule has 2 aromatic carbocycles. The Kier molecular flexibility index (Phi) is 6.66. The minimum Gasteiger partial charge on any atom is -0.497 e. The molecule has 0 bridgehead atoms. The van der Waals surface area contributed by atoms with Gasteiger partial charge in [-0.15, -0.1) is 0 Å². The average Bonchev–Trinajstić information content (AvgIpc) is 3.12. The van der Waals surface area contributed by atoms with E-state index in [1.54, 1.807) is 26.4 Å². The van der Waals surface area contributed by atoms with Crippen molar-refractivity contribution in [2.24, 2.45) is 5.92 Å². The van der Waals surface area contributed by atoms with Crippen molar-refractivity contribution in [2.75, 3.05) is 27.4 Å². The minimum atomic E-state index is -0.563. The van der Waals surface area contributed by atoms with Crippen molar-refractivity contribution in [3.63, 3.8) is 0 Å². The van der Waals surface area contributed by atoms with Crippen molar-refractivity contribution in [3.8, 4) is 11.5 Å². The Hall–Kier alpha value is -2.15. The van der Waals surface area contributed by atoms with Crippen LogP contribution in [-0.4, -0.2) is 44.7 Å². The molecule has 1 heterocycles. The van der Waals surface area contributed by atoms with Crippen molar-refractivity contribution in [1.29, 1.82) is 0 Å². The van der Waals surface area contributed by atoms with E-state index in [4.69, 9.17) is 14.2 Å². The number of nitrogens with one attached hydrogen (secondary N) is 1. The predicted molar refractivity (Wildman–Crippen MR) is 101 cm³/mol. The van der Waals surface area contributed by atoms with Crippen molar-refractivity contribution in [2.45, 2.75) is 25.1 Å². The average molecular weight is 375 g/mol. The quantitative estimate of drug-likeness (QED) is 0.743. The lowest BCUT2D eigenvalue weighted by Gasteiger charge is -2.27. The third-order valence-electron chi connectivity index (χ3n) is 5.06. The molecule has 3 atom stereocenters. The molecule has 27 heavy (non-hydrogen) atoms. The summed E-state index contributed by atoms with van der Waals surface area (Å²) in [6.07, 6.45) is -0.0944. The summed E-state index contributed by atoms with van der Waals surface area (Å²) in [5.41, 5.74) is 1.58. The Balaban J connectivity index is 1.76. The van der Waals surface area contributed by atoms with Crippen LogP contribution in [0.25, 0.3) is 0 Å². The molecular formula is C21H26FNO4. The van der Waals surface area contributed by atoms with E-state index < -0.39 is 6.10 Å². The van der Waals surface area contributed by atoms with Gasteiger partial charge in [-0.3, -0.25) is 0 Å². The smallest absolute Gasteiger partial charge is 0.127 e. The van der Waals surface area contributed by atoms with E-state index in [-0.39, 0.29) is 17.8 Å². The Morgan fingerprint density at radius 3 is 2.63 bits per heavy atom. The summed E-state index contributed by atoms with van der Waals surface area (Å²) in [5.74, 6) is 1.10. The molecule has 2 aromatic rings. The molecule has 0 saturated carbocycles. The van der Waals surface area contributed by atoms with Crippen LogP contribution in [-0.2, 0) is 17.7 Å². The highest BCUT2D eigenvalue weighted by Crippen LogP contribution is 2.26. The molecule has 1 fully saturated rings. The summed E-state index contributed by atoms with van der Waals surface area (Å²) in [7, 11) is 3.22. The number of aliphatic hydroxyl groups excluding tert-OH is 1. The maximum absolute atomic E-state index is 14.1. The number of hydrogen-bond donors (Lipinski definition) is 2. The maximum atomic E-state index is 14.1. The first-order chi connectivity index (χ1) is 13.1. The van der Waals surface area contributed by atoms with Gasteiger partial charge < -0.3 is 24.6 Å². The van der Waals surface area contributed by atoms with Gasteiger partial charge in [0, 0.05) is 30.1 Å². The molecule has 3 rings (SSSR count). The summed E-state index contributed by atoms with van der Waals surface area (Å²) in [6.45, 7) is 1.29. The molecule has 0 amide bonds. The molecule has 6 heteroatoms. The second-order valence-electron chi connectivity index (χ2n) is 6.73. The summed E-state index contributed by atoms with van der Waals surface area (Å²) >= 11 is 0. The molecule has 0 spiro atoms. The van der Waals surface area contributed by atoms with Crippen LogP contribution < -0.4 is 14.8 Å². The van der Waals surface area contributed by atoms with Gasteiger partial charge in [-0.25, -0.2) is 4.39 Å². The van der Waals surface area contributed by atoms with Gasteiger partial charge in [0.15, 0.2) is 0 Å². The fourth-order valence-electron chi connectivity index (χ4n) is 3.46. The molecule has 1 saturated heterocycles. The molecule has 5 nitrogen and oxygen atoms in total. The summed E-state index contributed by atoms with van der Waals surface area (Å²) < 4.78 is 30.2. The normalized spacial score (nSPS) is 20.4. The minimum absolute atomic E-state index is 0.103. The zero-order valence-corrected chi connectivity index (χ0v) is 15.7. The van der Waals surface area contributed by atoms with E-state index in [1.807, 2.05) is 24.3 Å². The summed E-state index contributed by atoms with van der Waals surface area (Å²) in [5, 5.41) is 13.7. The first-order valence-corrected chi connectivity index (χ1v) is 9.06. The van der Waals surface area contributed by atoms with Crippen LogP contribution in [0.15, 0.2) is 42.5 Å². The van der Waals surface area contributed by atoms with Crippen molar-refractivity contribution in [1.82, 2.24) is 5.32 Å². The monoisotopic (exact) mass is 375 g/mol. The zero-order valence-electron chi connectivity index (χ0n) is 15.7. The second kappa shape index (κ2) is 9.17. The van der Waals surface area contributed by atoms with Crippen LogP contribution in [0.5, 0.6) is 11.5 Å². The van der Waals surface area contributed by atoms with Gasteiger partial charge in [-0.05, 0) is 24.1 Å². The van der Waals surface area contributed by atoms with Gasteiger partial charge in [-0.1, -0.05) is 24.3 Å². The molecule has 2 N–H and O–H groups in total. The van der Waals surface area contributed by atoms with Crippen LogP contribution in [0.1, 0.15) is 11.1 Å². The molecule has 0 aliphatic carbocycles. The lowest BCUT2D eigenvalue weighted by Crippen LogP contribution is -2.43. The van der Waals surface area contributed by atoms with Crippen molar-refractivity contribution >= 4 is 0 Å². The number of methoxy groups -OCH3 is 2. The highest BCUT2D eigenvalue weighted by molar-refractivity contribution is 5.40. The number of halogens is 1. The van der Waals surface area contributed by atoms with Crippen LogP contribution in [0.2, 0.25) is 0 Å². The largest absolute Gasteiger partial charge is 0.497 e. The van der Waals surface area contributed by atoms with Crippen LogP contribution in [0, 0.1) is 11.7 Å². The molecule has 1 aliphatic heterocycles. The molecular weight excluding hydrogens is 349 g/mol. The number of hydrogen-bond acceptors (Lipinski definition) is 5. The van der Waals surface area contributed by atoms with E-state index in [0.29, 0.717) is 31.7 Å². The van der Waals surface area contributed by atoms with E-state index in [2.05, 4.69) is 5.32 Å². The van der Waals surface area contributed by atoms with E-state index in [1.165, 1.54) is 6.07 Å². The third-order valence-corrected chi connectivity index (χ3v) is 5.06. The van der Waals surface area contributed by atoms with Gasteiger partial charge in [0.05, 0.1) is 33.5 Å². The first-order valence-electron chi connectivity index (χ1n) is 9.06.